The first-order chi connectivity index (χ1) is 12.3. The highest BCUT2D eigenvalue weighted by Crippen LogP contribution is 2.32. The SMILES string of the molecule is COc1cc(OC)cc(C(=O)OCC(=O)Nc2c(Br)cc(C)cc2Br)c1. The van der Waals surface area contributed by atoms with E-state index >= 15 is 0 Å². The lowest BCUT2D eigenvalue weighted by atomic mass is 10.2. The molecule has 0 unspecified atom stereocenters. The summed E-state index contributed by atoms with van der Waals surface area (Å²) in [6.07, 6.45) is 0. The van der Waals surface area contributed by atoms with Crippen molar-refractivity contribution in [3.8, 4) is 11.5 Å². The van der Waals surface area contributed by atoms with Gasteiger partial charge >= 0.3 is 5.97 Å². The van der Waals surface area contributed by atoms with Crippen LogP contribution in [0.15, 0.2) is 39.3 Å². The van der Waals surface area contributed by atoms with Crippen LogP contribution in [0, 0.1) is 6.92 Å². The van der Waals surface area contributed by atoms with E-state index < -0.39 is 18.5 Å². The topological polar surface area (TPSA) is 73.9 Å². The van der Waals surface area contributed by atoms with Gasteiger partial charge in [-0.1, -0.05) is 0 Å². The summed E-state index contributed by atoms with van der Waals surface area (Å²) in [4.78, 5) is 24.3. The van der Waals surface area contributed by atoms with Crippen LogP contribution >= 0.6 is 31.9 Å². The van der Waals surface area contributed by atoms with Gasteiger partial charge in [-0.25, -0.2) is 4.79 Å². The average Bonchev–Trinajstić information content (AvgIpc) is 2.62. The molecule has 0 spiro atoms. The highest BCUT2D eigenvalue weighted by Gasteiger charge is 2.15. The summed E-state index contributed by atoms with van der Waals surface area (Å²) >= 11 is 6.79. The summed E-state index contributed by atoms with van der Waals surface area (Å²) in [7, 11) is 2.96. The third-order valence-corrected chi connectivity index (χ3v) is 4.62. The van der Waals surface area contributed by atoms with Gasteiger partial charge in [0, 0.05) is 15.0 Å². The van der Waals surface area contributed by atoms with Crippen molar-refractivity contribution in [3.63, 3.8) is 0 Å². The number of hydrogen-bond donors (Lipinski definition) is 1. The van der Waals surface area contributed by atoms with E-state index in [4.69, 9.17) is 14.2 Å². The Kier molecular flexibility index (Phi) is 7.05. The summed E-state index contributed by atoms with van der Waals surface area (Å²) in [6, 6.07) is 8.39. The molecule has 6 nitrogen and oxygen atoms in total. The predicted molar refractivity (Wildman–Crippen MR) is 105 cm³/mol. The van der Waals surface area contributed by atoms with Crippen molar-refractivity contribution in [1.82, 2.24) is 0 Å². The van der Waals surface area contributed by atoms with E-state index in [9.17, 15) is 9.59 Å². The van der Waals surface area contributed by atoms with Crippen LogP contribution in [-0.2, 0) is 9.53 Å². The zero-order chi connectivity index (χ0) is 19.3. The van der Waals surface area contributed by atoms with Gasteiger partial charge in [-0.05, 0) is 68.6 Å². The monoisotopic (exact) mass is 485 g/mol. The van der Waals surface area contributed by atoms with E-state index in [0.29, 0.717) is 17.2 Å². The van der Waals surface area contributed by atoms with Crippen molar-refractivity contribution in [2.45, 2.75) is 6.92 Å². The number of aryl methyl sites for hydroxylation is 1. The van der Waals surface area contributed by atoms with E-state index in [1.165, 1.54) is 26.4 Å². The third kappa shape index (κ3) is 5.22. The van der Waals surface area contributed by atoms with Crippen LogP contribution in [0.3, 0.4) is 0 Å². The number of methoxy groups -OCH3 is 2. The summed E-state index contributed by atoms with van der Waals surface area (Å²) < 4.78 is 16.7. The molecule has 0 bridgehead atoms. The largest absolute Gasteiger partial charge is 0.497 e. The molecule has 8 heteroatoms. The molecule has 2 aromatic carbocycles. The molecule has 0 aliphatic rings. The molecule has 0 atom stereocenters. The number of rotatable bonds is 6. The Hall–Kier alpha value is -2.06. The van der Waals surface area contributed by atoms with Gasteiger partial charge in [0.2, 0.25) is 0 Å². The second-order valence-corrected chi connectivity index (χ2v) is 7.04. The molecule has 0 saturated heterocycles. The second-order valence-electron chi connectivity index (χ2n) is 5.33. The first-order valence-electron chi connectivity index (χ1n) is 7.49. The van der Waals surface area contributed by atoms with Crippen LogP contribution in [0.4, 0.5) is 5.69 Å². The Bertz CT molecular complexity index is 793. The molecule has 0 radical (unpaired) electrons. The Morgan fingerprint density at radius 1 is 0.962 bits per heavy atom. The molecular weight excluding hydrogens is 470 g/mol. The van der Waals surface area contributed by atoms with E-state index in [2.05, 4.69) is 37.2 Å². The maximum atomic E-state index is 12.2. The van der Waals surface area contributed by atoms with E-state index in [-0.39, 0.29) is 5.56 Å². The summed E-state index contributed by atoms with van der Waals surface area (Å²) in [5.74, 6) is -0.209. The number of anilines is 1. The first-order valence-corrected chi connectivity index (χ1v) is 9.08. The van der Waals surface area contributed by atoms with Gasteiger partial charge in [-0.15, -0.1) is 0 Å². The van der Waals surface area contributed by atoms with Crippen LogP contribution in [-0.4, -0.2) is 32.7 Å². The smallest absolute Gasteiger partial charge is 0.338 e. The minimum atomic E-state index is -0.653. The predicted octanol–water partition coefficient (Wildman–Crippen LogP) is 4.33. The zero-order valence-corrected chi connectivity index (χ0v) is 17.6. The van der Waals surface area contributed by atoms with Gasteiger partial charge in [-0.3, -0.25) is 4.79 Å². The van der Waals surface area contributed by atoms with Crippen molar-refractivity contribution in [1.29, 1.82) is 0 Å². The summed E-state index contributed by atoms with van der Waals surface area (Å²) in [6.45, 7) is 1.51. The number of hydrogen-bond acceptors (Lipinski definition) is 5. The lowest BCUT2D eigenvalue weighted by Crippen LogP contribution is -2.21. The molecule has 0 fully saturated rings. The standard InChI is InChI=1S/C18H17Br2NO5/c1-10-4-14(19)17(15(20)5-10)21-16(22)9-26-18(23)11-6-12(24-2)8-13(7-11)25-3/h4-8H,9H2,1-3H3,(H,21,22). The van der Waals surface area contributed by atoms with Gasteiger partial charge in [0.1, 0.15) is 11.5 Å². The highest BCUT2D eigenvalue weighted by molar-refractivity contribution is 9.11. The number of amides is 1. The zero-order valence-electron chi connectivity index (χ0n) is 14.4. The normalized spacial score (nSPS) is 10.2. The number of carbonyl (C=O) groups is 2. The van der Waals surface area contributed by atoms with Gasteiger partial charge in [0.25, 0.3) is 5.91 Å². The van der Waals surface area contributed by atoms with Crippen LogP contribution < -0.4 is 14.8 Å². The summed E-state index contributed by atoms with van der Waals surface area (Å²) in [5, 5.41) is 2.70. The maximum absolute atomic E-state index is 12.2. The number of esters is 1. The molecule has 0 aliphatic heterocycles. The number of benzene rings is 2. The van der Waals surface area contributed by atoms with E-state index in [1.807, 2.05) is 19.1 Å². The van der Waals surface area contributed by atoms with Crippen LogP contribution in [0.1, 0.15) is 15.9 Å². The molecule has 2 rings (SSSR count). The third-order valence-electron chi connectivity index (χ3n) is 3.37. The molecule has 1 amide bonds. The lowest BCUT2D eigenvalue weighted by molar-refractivity contribution is -0.119. The average molecular weight is 487 g/mol. The molecule has 0 heterocycles. The molecule has 2 aromatic rings. The lowest BCUT2D eigenvalue weighted by Gasteiger charge is -2.12. The Balaban J connectivity index is 2.02. The van der Waals surface area contributed by atoms with Crippen LogP contribution in [0.25, 0.3) is 0 Å². The number of halogens is 2. The van der Waals surface area contributed by atoms with Gasteiger partial charge in [-0.2, -0.15) is 0 Å². The Morgan fingerprint density at radius 3 is 2.00 bits per heavy atom. The molecule has 0 aliphatic carbocycles. The fourth-order valence-electron chi connectivity index (χ4n) is 2.13. The fourth-order valence-corrected chi connectivity index (χ4v) is 3.75. The molecule has 138 valence electrons. The molecule has 0 aromatic heterocycles. The van der Waals surface area contributed by atoms with Crippen molar-refractivity contribution in [2.75, 3.05) is 26.1 Å². The van der Waals surface area contributed by atoms with Crippen molar-refractivity contribution < 1.29 is 23.8 Å². The Labute approximate surface area is 168 Å². The minimum absolute atomic E-state index is 0.228. The van der Waals surface area contributed by atoms with Crippen LogP contribution in [0.2, 0.25) is 0 Å². The summed E-state index contributed by atoms with van der Waals surface area (Å²) in [5.41, 5.74) is 1.83. The fraction of sp³-hybridized carbons (Fsp3) is 0.222. The molecule has 1 N–H and O–H groups in total. The van der Waals surface area contributed by atoms with Gasteiger partial charge in [0.15, 0.2) is 6.61 Å². The van der Waals surface area contributed by atoms with Crippen molar-refractivity contribution in [3.05, 3.63) is 50.4 Å². The van der Waals surface area contributed by atoms with Crippen molar-refractivity contribution in [2.24, 2.45) is 0 Å². The maximum Gasteiger partial charge on any atom is 0.338 e. The number of ether oxygens (including phenoxy) is 3. The first kappa shape index (κ1) is 20.3. The van der Waals surface area contributed by atoms with Gasteiger partial charge < -0.3 is 19.5 Å². The second kappa shape index (κ2) is 9.05. The molecular formula is C18H17Br2NO5. The number of nitrogens with one attached hydrogen (secondary N) is 1. The highest BCUT2D eigenvalue weighted by atomic mass is 79.9. The van der Waals surface area contributed by atoms with E-state index in [0.717, 1.165) is 14.5 Å². The minimum Gasteiger partial charge on any atom is -0.497 e. The quantitative estimate of drug-likeness (QED) is 0.615. The Morgan fingerprint density at radius 2 is 1.50 bits per heavy atom. The van der Waals surface area contributed by atoms with Crippen molar-refractivity contribution >= 4 is 49.4 Å². The van der Waals surface area contributed by atoms with Crippen LogP contribution in [0.5, 0.6) is 11.5 Å². The molecule has 26 heavy (non-hydrogen) atoms. The van der Waals surface area contributed by atoms with Gasteiger partial charge in [0.05, 0.1) is 25.5 Å². The number of carbonyl (C=O) groups excluding carboxylic acids is 2. The van der Waals surface area contributed by atoms with E-state index in [1.54, 1.807) is 6.07 Å². The molecule has 0 saturated carbocycles.